The first-order valence-electron chi connectivity index (χ1n) is 7.42. The lowest BCUT2D eigenvalue weighted by molar-refractivity contribution is -0.148. The highest BCUT2D eigenvalue weighted by Gasteiger charge is 2.11. The van der Waals surface area contributed by atoms with Crippen LogP contribution in [-0.2, 0) is 20.9 Å². The highest BCUT2D eigenvalue weighted by Crippen LogP contribution is 2.29. The molecule has 0 bridgehead atoms. The Hall–Kier alpha value is -2.88. The van der Waals surface area contributed by atoms with Crippen molar-refractivity contribution < 1.29 is 19.4 Å². The van der Waals surface area contributed by atoms with Gasteiger partial charge in [-0.1, -0.05) is 48.5 Å². The molecule has 3 aromatic rings. The molecule has 0 atom stereocenters. The number of aliphatic carboxylic acids is 1. The Labute approximate surface area is 133 Å². The summed E-state index contributed by atoms with van der Waals surface area (Å²) in [7, 11) is 0. The Bertz CT molecular complexity index is 829. The quantitative estimate of drug-likeness (QED) is 0.573. The maximum absolute atomic E-state index is 11.7. The third kappa shape index (κ3) is 3.31. The normalized spacial score (nSPS) is 10.8. The number of ether oxygens (including phenoxy) is 1. The molecule has 0 unspecified atom stereocenters. The van der Waals surface area contributed by atoms with Gasteiger partial charge in [0.25, 0.3) is 0 Å². The number of carbonyl (C=O) groups is 2. The number of esters is 1. The fourth-order valence-electron chi connectivity index (χ4n) is 2.70. The fraction of sp³-hybridized carbons (Fsp3) is 0.158. The van der Waals surface area contributed by atoms with Gasteiger partial charge in [-0.15, -0.1) is 0 Å². The van der Waals surface area contributed by atoms with Crippen molar-refractivity contribution in [2.24, 2.45) is 0 Å². The minimum absolute atomic E-state index is 0.113. The molecule has 0 amide bonds. The van der Waals surface area contributed by atoms with E-state index in [-0.39, 0.29) is 19.4 Å². The molecule has 3 aromatic carbocycles. The molecule has 0 aliphatic heterocycles. The van der Waals surface area contributed by atoms with Crippen LogP contribution in [0.15, 0.2) is 54.6 Å². The van der Waals surface area contributed by atoms with E-state index < -0.39 is 11.9 Å². The van der Waals surface area contributed by atoms with Crippen molar-refractivity contribution >= 4 is 33.5 Å². The molecule has 0 saturated carbocycles. The predicted molar refractivity (Wildman–Crippen MR) is 88.1 cm³/mol. The lowest BCUT2D eigenvalue weighted by atomic mass is 9.97. The molecule has 0 spiro atoms. The Morgan fingerprint density at radius 1 is 0.870 bits per heavy atom. The van der Waals surface area contributed by atoms with Gasteiger partial charge in [0.05, 0.1) is 12.8 Å². The van der Waals surface area contributed by atoms with Crippen LogP contribution in [-0.4, -0.2) is 17.0 Å². The van der Waals surface area contributed by atoms with Gasteiger partial charge >= 0.3 is 11.9 Å². The summed E-state index contributed by atoms with van der Waals surface area (Å²) < 4.78 is 5.29. The van der Waals surface area contributed by atoms with Crippen molar-refractivity contribution in [3.8, 4) is 0 Å². The van der Waals surface area contributed by atoms with Crippen molar-refractivity contribution in [1.29, 1.82) is 0 Å². The number of fused-ring (bicyclic) bond motifs is 2. The molecule has 116 valence electrons. The highest BCUT2D eigenvalue weighted by molar-refractivity contribution is 6.02. The summed E-state index contributed by atoms with van der Waals surface area (Å²) in [5.74, 6) is -1.50. The first-order valence-corrected chi connectivity index (χ1v) is 7.42. The van der Waals surface area contributed by atoms with E-state index in [9.17, 15) is 9.59 Å². The summed E-state index contributed by atoms with van der Waals surface area (Å²) in [5, 5.41) is 12.9. The van der Waals surface area contributed by atoms with Crippen molar-refractivity contribution in [1.82, 2.24) is 0 Å². The van der Waals surface area contributed by atoms with Gasteiger partial charge < -0.3 is 9.84 Å². The number of hydrogen-bond donors (Lipinski definition) is 1. The van der Waals surface area contributed by atoms with Gasteiger partial charge in [-0.05, 0) is 27.6 Å². The third-order valence-electron chi connectivity index (χ3n) is 3.80. The van der Waals surface area contributed by atoms with Crippen LogP contribution >= 0.6 is 0 Å². The maximum atomic E-state index is 11.7. The second kappa shape index (κ2) is 6.48. The molecule has 0 aliphatic carbocycles. The Morgan fingerprint density at radius 2 is 1.43 bits per heavy atom. The molecular formula is C19H16O4. The molecule has 0 aromatic heterocycles. The molecule has 3 rings (SSSR count). The zero-order valence-corrected chi connectivity index (χ0v) is 12.5. The second-order valence-electron chi connectivity index (χ2n) is 5.35. The van der Waals surface area contributed by atoms with E-state index in [0.717, 1.165) is 27.1 Å². The minimum atomic E-state index is -1.00. The van der Waals surface area contributed by atoms with E-state index in [1.807, 2.05) is 48.5 Å². The van der Waals surface area contributed by atoms with Gasteiger partial charge in [-0.25, -0.2) is 0 Å². The number of rotatable bonds is 5. The highest BCUT2D eigenvalue weighted by atomic mass is 16.5. The van der Waals surface area contributed by atoms with E-state index >= 15 is 0 Å². The average molecular weight is 308 g/mol. The molecule has 23 heavy (non-hydrogen) atoms. The number of carboxylic acids is 1. The van der Waals surface area contributed by atoms with Gasteiger partial charge in [-0.3, -0.25) is 9.59 Å². The monoisotopic (exact) mass is 308 g/mol. The molecule has 0 heterocycles. The Balaban J connectivity index is 1.94. The summed E-state index contributed by atoms with van der Waals surface area (Å²) in [6, 6.07) is 18.0. The molecule has 0 aliphatic rings. The van der Waals surface area contributed by atoms with Gasteiger partial charge in [0.15, 0.2) is 0 Å². The number of hydrogen-bond acceptors (Lipinski definition) is 3. The Morgan fingerprint density at radius 3 is 2.00 bits per heavy atom. The Kier molecular flexibility index (Phi) is 4.24. The first-order chi connectivity index (χ1) is 11.1. The molecule has 4 nitrogen and oxygen atoms in total. The largest absolute Gasteiger partial charge is 0.481 e. The van der Waals surface area contributed by atoms with Crippen LogP contribution in [0.25, 0.3) is 21.5 Å². The SMILES string of the molecule is O=C(O)CCC(=O)OCc1c2ccccc2cc2ccccc12. The lowest BCUT2D eigenvalue weighted by Gasteiger charge is -2.12. The topological polar surface area (TPSA) is 63.6 Å². The summed E-state index contributed by atoms with van der Waals surface area (Å²) >= 11 is 0. The van der Waals surface area contributed by atoms with Crippen molar-refractivity contribution in [2.45, 2.75) is 19.4 Å². The van der Waals surface area contributed by atoms with Crippen LogP contribution in [0.1, 0.15) is 18.4 Å². The molecule has 4 heteroatoms. The van der Waals surface area contributed by atoms with Gasteiger partial charge in [-0.2, -0.15) is 0 Å². The smallest absolute Gasteiger partial charge is 0.306 e. The zero-order chi connectivity index (χ0) is 16.2. The standard InChI is InChI=1S/C19H16O4/c20-18(21)9-10-19(22)23-12-17-15-7-3-1-5-13(15)11-14-6-2-4-8-16(14)17/h1-8,11H,9-10,12H2,(H,20,21). The van der Waals surface area contributed by atoms with E-state index in [4.69, 9.17) is 9.84 Å². The van der Waals surface area contributed by atoms with Crippen LogP contribution in [0.5, 0.6) is 0 Å². The second-order valence-corrected chi connectivity index (χ2v) is 5.35. The van der Waals surface area contributed by atoms with E-state index in [2.05, 4.69) is 6.07 Å². The summed E-state index contributed by atoms with van der Waals surface area (Å²) in [6.07, 6.45) is -0.326. The predicted octanol–water partition coefficient (Wildman–Crippen LogP) is 3.90. The molecule has 0 saturated heterocycles. The lowest BCUT2D eigenvalue weighted by Crippen LogP contribution is -2.08. The van der Waals surface area contributed by atoms with Crippen LogP contribution < -0.4 is 0 Å². The van der Waals surface area contributed by atoms with Gasteiger partial charge in [0.2, 0.25) is 0 Å². The molecule has 0 fully saturated rings. The van der Waals surface area contributed by atoms with E-state index in [1.165, 1.54) is 0 Å². The molecule has 0 radical (unpaired) electrons. The number of carboxylic acid groups (broad SMARTS) is 1. The molecular weight excluding hydrogens is 292 g/mol. The van der Waals surface area contributed by atoms with Crippen LogP contribution in [0, 0.1) is 0 Å². The molecule has 1 N–H and O–H groups in total. The average Bonchev–Trinajstić information content (AvgIpc) is 2.56. The van der Waals surface area contributed by atoms with E-state index in [0.29, 0.717) is 0 Å². The van der Waals surface area contributed by atoms with E-state index in [1.54, 1.807) is 0 Å². The van der Waals surface area contributed by atoms with Gasteiger partial charge in [0, 0.05) is 5.56 Å². The first kappa shape index (κ1) is 15.0. The summed E-state index contributed by atoms with van der Waals surface area (Å²) in [5.41, 5.74) is 0.947. The number of carbonyl (C=O) groups excluding carboxylic acids is 1. The maximum Gasteiger partial charge on any atom is 0.306 e. The van der Waals surface area contributed by atoms with Crippen LogP contribution in [0.2, 0.25) is 0 Å². The fourth-order valence-corrected chi connectivity index (χ4v) is 2.70. The van der Waals surface area contributed by atoms with Crippen LogP contribution in [0.4, 0.5) is 0 Å². The summed E-state index contributed by atoms with van der Waals surface area (Å²) in [4.78, 5) is 22.2. The zero-order valence-electron chi connectivity index (χ0n) is 12.5. The van der Waals surface area contributed by atoms with Crippen LogP contribution in [0.3, 0.4) is 0 Å². The van der Waals surface area contributed by atoms with Gasteiger partial charge in [0.1, 0.15) is 6.61 Å². The van der Waals surface area contributed by atoms with Crippen molar-refractivity contribution in [3.05, 3.63) is 60.2 Å². The van der Waals surface area contributed by atoms with Crippen molar-refractivity contribution in [2.75, 3.05) is 0 Å². The minimum Gasteiger partial charge on any atom is -0.481 e. The third-order valence-corrected chi connectivity index (χ3v) is 3.80. The summed E-state index contributed by atoms with van der Waals surface area (Å²) in [6.45, 7) is 0.139. The number of benzene rings is 3. The van der Waals surface area contributed by atoms with Crippen molar-refractivity contribution in [3.63, 3.8) is 0 Å².